The van der Waals surface area contributed by atoms with E-state index in [-0.39, 0.29) is 0 Å². The molecule has 0 amide bonds. The lowest BCUT2D eigenvalue weighted by molar-refractivity contribution is 0.456. The molecule has 0 unspecified atom stereocenters. The minimum Gasteiger partial charge on any atom is -0.370 e. The van der Waals surface area contributed by atoms with Gasteiger partial charge < -0.3 is 10.6 Å². The van der Waals surface area contributed by atoms with Gasteiger partial charge in [-0.3, -0.25) is 4.99 Å². The van der Waals surface area contributed by atoms with Gasteiger partial charge in [0.1, 0.15) is 0 Å². The predicted molar refractivity (Wildman–Crippen MR) is 58.9 cm³/mol. The summed E-state index contributed by atoms with van der Waals surface area (Å²) in [6, 6.07) is 0. The van der Waals surface area contributed by atoms with Crippen molar-refractivity contribution in [1.29, 1.82) is 0 Å². The second kappa shape index (κ2) is 6.75. The third-order valence-electron chi connectivity index (χ3n) is 2.07. The number of aliphatic imine (C=N–C) groups is 1. The summed E-state index contributed by atoms with van der Waals surface area (Å²) in [4.78, 5) is 6.40. The van der Waals surface area contributed by atoms with Crippen LogP contribution in [-0.2, 0) is 0 Å². The van der Waals surface area contributed by atoms with Crippen molar-refractivity contribution in [1.82, 2.24) is 4.90 Å². The van der Waals surface area contributed by atoms with Gasteiger partial charge in [-0.05, 0) is 26.2 Å². The maximum atomic E-state index is 5.80. The number of hydrogen-bond donors (Lipinski definition) is 1. The molecular formula is C10H23N3. The zero-order chi connectivity index (χ0) is 10.3. The molecule has 0 radical (unpaired) electrons. The van der Waals surface area contributed by atoms with E-state index in [1.165, 1.54) is 0 Å². The van der Waals surface area contributed by atoms with E-state index in [2.05, 4.69) is 37.6 Å². The Morgan fingerprint density at radius 2 is 1.85 bits per heavy atom. The van der Waals surface area contributed by atoms with Crippen LogP contribution in [0.1, 0.15) is 34.1 Å². The predicted octanol–water partition coefficient (Wildman–Crippen LogP) is 1.69. The van der Waals surface area contributed by atoms with Gasteiger partial charge in [0, 0.05) is 19.6 Å². The number of nitrogens with zero attached hydrogens (tertiary/aromatic N) is 2. The Morgan fingerprint density at radius 3 is 2.23 bits per heavy atom. The summed E-state index contributed by atoms with van der Waals surface area (Å²) in [5.41, 5.74) is 5.80. The molecule has 0 bridgehead atoms. The van der Waals surface area contributed by atoms with Crippen LogP contribution < -0.4 is 5.73 Å². The average Bonchev–Trinajstić information content (AvgIpc) is 2.05. The molecule has 0 heterocycles. The molecule has 0 aromatic heterocycles. The van der Waals surface area contributed by atoms with E-state index in [9.17, 15) is 0 Å². The van der Waals surface area contributed by atoms with Gasteiger partial charge in [0.2, 0.25) is 0 Å². The number of hydrogen-bond acceptors (Lipinski definition) is 1. The zero-order valence-corrected chi connectivity index (χ0v) is 9.38. The SMILES string of the molecule is CCN(CC)C(N)=NCCC(C)C. The van der Waals surface area contributed by atoms with Crippen molar-refractivity contribution >= 4 is 5.96 Å². The maximum Gasteiger partial charge on any atom is 0.191 e. The molecule has 0 atom stereocenters. The molecule has 0 aromatic carbocycles. The van der Waals surface area contributed by atoms with Crippen LogP contribution in [0.25, 0.3) is 0 Å². The Labute approximate surface area is 82.0 Å². The third-order valence-corrected chi connectivity index (χ3v) is 2.07. The van der Waals surface area contributed by atoms with Crippen molar-refractivity contribution < 1.29 is 0 Å². The first-order chi connectivity index (χ1) is 6.11. The van der Waals surface area contributed by atoms with E-state index in [1.807, 2.05) is 0 Å². The molecule has 0 aromatic rings. The lowest BCUT2D eigenvalue weighted by atomic mass is 10.1. The first-order valence-electron chi connectivity index (χ1n) is 5.16. The maximum absolute atomic E-state index is 5.80. The molecule has 3 nitrogen and oxygen atoms in total. The van der Waals surface area contributed by atoms with Crippen molar-refractivity contribution in [2.45, 2.75) is 34.1 Å². The molecule has 0 fully saturated rings. The molecule has 0 aliphatic rings. The van der Waals surface area contributed by atoms with E-state index in [4.69, 9.17) is 5.73 Å². The summed E-state index contributed by atoms with van der Waals surface area (Å²) in [5, 5.41) is 0. The van der Waals surface area contributed by atoms with Crippen LogP contribution in [0, 0.1) is 5.92 Å². The fraction of sp³-hybridized carbons (Fsp3) is 0.900. The van der Waals surface area contributed by atoms with Crippen LogP contribution >= 0.6 is 0 Å². The van der Waals surface area contributed by atoms with E-state index in [0.717, 1.165) is 26.1 Å². The fourth-order valence-electron chi connectivity index (χ4n) is 1.08. The Hall–Kier alpha value is -0.730. The van der Waals surface area contributed by atoms with Crippen LogP contribution in [-0.4, -0.2) is 30.5 Å². The van der Waals surface area contributed by atoms with Crippen molar-refractivity contribution in [3.8, 4) is 0 Å². The molecule has 0 aliphatic heterocycles. The molecule has 78 valence electrons. The summed E-state index contributed by atoms with van der Waals surface area (Å²) in [5.74, 6) is 1.39. The molecular weight excluding hydrogens is 162 g/mol. The normalized spacial score (nSPS) is 12.2. The van der Waals surface area contributed by atoms with Crippen LogP contribution in [0.15, 0.2) is 4.99 Å². The molecule has 3 heteroatoms. The van der Waals surface area contributed by atoms with Gasteiger partial charge in [-0.1, -0.05) is 13.8 Å². The van der Waals surface area contributed by atoms with Gasteiger partial charge in [0.15, 0.2) is 5.96 Å². The zero-order valence-electron chi connectivity index (χ0n) is 9.38. The van der Waals surface area contributed by atoms with E-state index in [1.54, 1.807) is 0 Å². The van der Waals surface area contributed by atoms with Crippen LogP contribution in [0.4, 0.5) is 0 Å². The Bertz CT molecular complexity index is 148. The average molecular weight is 185 g/mol. The third kappa shape index (κ3) is 5.50. The first kappa shape index (κ1) is 12.3. The lowest BCUT2D eigenvalue weighted by Gasteiger charge is -2.19. The van der Waals surface area contributed by atoms with E-state index < -0.39 is 0 Å². The lowest BCUT2D eigenvalue weighted by Crippen LogP contribution is -2.37. The van der Waals surface area contributed by atoms with Gasteiger partial charge in [0.25, 0.3) is 0 Å². The van der Waals surface area contributed by atoms with E-state index >= 15 is 0 Å². The summed E-state index contributed by atoms with van der Waals surface area (Å²) >= 11 is 0. The van der Waals surface area contributed by atoms with E-state index in [0.29, 0.717) is 11.9 Å². The fourth-order valence-corrected chi connectivity index (χ4v) is 1.08. The van der Waals surface area contributed by atoms with Gasteiger partial charge in [-0.2, -0.15) is 0 Å². The van der Waals surface area contributed by atoms with Crippen molar-refractivity contribution in [2.75, 3.05) is 19.6 Å². The minimum atomic E-state index is 0.686. The highest BCUT2D eigenvalue weighted by molar-refractivity contribution is 5.77. The van der Waals surface area contributed by atoms with Crippen LogP contribution in [0.5, 0.6) is 0 Å². The molecule has 0 spiro atoms. The topological polar surface area (TPSA) is 41.6 Å². The number of guanidine groups is 1. The molecule has 13 heavy (non-hydrogen) atoms. The summed E-state index contributed by atoms with van der Waals surface area (Å²) in [6.07, 6.45) is 1.11. The summed E-state index contributed by atoms with van der Waals surface area (Å²) in [7, 11) is 0. The Balaban J connectivity index is 3.85. The van der Waals surface area contributed by atoms with Gasteiger partial charge in [-0.15, -0.1) is 0 Å². The second-order valence-corrected chi connectivity index (χ2v) is 3.59. The first-order valence-corrected chi connectivity index (χ1v) is 5.16. The van der Waals surface area contributed by atoms with Crippen LogP contribution in [0.2, 0.25) is 0 Å². The molecule has 0 rings (SSSR count). The number of nitrogens with two attached hydrogens (primary N) is 1. The highest BCUT2D eigenvalue weighted by Crippen LogP contribution is 1.99. The van der Waals surface area contributed by atoms with Gasteiger partial charge in [-0.25, -0.2) is 0 Å². The molecule has 2 N–H and O–H groups in total. The van der Waals surface area contributed by atoms with Crippen LogP contribution in [0.3, 0.4) is 0 Å². The molecule has 0 aliphatic carbocycles. The molecule has 0 saturated heterocycles. The summed E-state index contributed by atoms with van der Waals surface area (Å²) < 4.78 is 0. The van der Waals surface area contributed by atoms with Crippen molar-refractivity contribution in [3.63, 3.8) is 0 Å². The minimum absolute atomic E-state index is 0.686. The highest BCUT2D eigenvalue weighted by Gasteiger charge is 2.01. The van der Waals surface area contributed by atoms with Crippen molar-refractivity contribution in [2.24, 2.45) is 16.6 Å². The Morgan fingerprint density at radius 1 is 1.31 bits per heavy atom. The quantitative estimate of drug-likeness (QED) is 0.523. The number of rotatable bonds is 5. The van der Waals surface area contributed by atoms with Gasteiger partial charge >= 0.3 is 0 Å². The molecule has 0 saturated carbocycles. The second-order valence-electron chi connectivity index (χ2n) is 3.59. The largest absolute Gasteiger partial charge is 0.370 e. The van der Waals surface area contributed by atoms with Gasteiger partial charge in [0.05, 0.1) is 0 Å². The smallest absolute Gasteiger partial charge is 0.191 e. The Kier molecular flexibility index (Phi) is 6.37. The monoisotopic (exact) mass is 185 g/mol. The van der Waals surface area contributed by atoms with Crippen molar-refractivity contribution in [3.05, 3.63) is 0 Å². The standard InChI is InChI=1S/C10H23N3/c1-5-13(6-2)10(11)12-8-7-9(3)4/h9H,5-8H2,1-4H3,(H2,11,12). The summed E-state index contributed by atoms with van der Waals surface area (Å²) in [6.45, 7) is 11.3. The highest BCUT2D eigenvalue weighted by atomic mass is 15.2.